The van der Waals surface area contributed by atoms with E-state index in [1.54, 1.807) is 31.2 Å². The standard InChI is InChI=1S/C21H26N6O2S.C20H24N6O3S/c1-13(2)14-8-15(10-16(9-14)23-18(28)12-22)20-25-27-19(29)11-17(24-21(27)30-20)26-6-4-3-5-7-26;1-12(27)13-7-14(9-15(8-13)22-17(28)11-21)19-24-26-18(29)10-16(23-20(26)30-19)25-5-3-2-4-6-25/h8-11,13H,3-7,12,22H2,1-2H3,(H,23,28);7-10,12,27H,2-6,11,21H2,1H3,(H,22,28). The number of nitrogens with two attached hydrogens (primary N) is 2. The van der Waals surface area contributed by atoms with Crippen molar-refractivity contribution in [2.45, 2.75) is 71.3 Å². The molecule has 19 heteroatoms. The van der Waals surface area contributed by atoms with Gasteiger partial charge < -0.3 is 37.0 Å². The van der Waals surface area contributed by atoms with Crippen LogP contribution < -0.4 is 43.0 Å². The first-order valence-electron chi connectivity index (χ1n) is 20.2. The van der Waals surface area contributed by atoms with Crippen molar-refractivity contribution in [2.75, 3.05) is 59.7 Å². The summed E-state index contributed by atoms with van der Waals surface area (Å²) in [4.78, 5) is 63.6. The van der Waals surface area contributed by atoms with E-state index < -0.39 is 6.10 Å². The lowest BCUT2D eigenvalue weighted by Crippen LogP contribution is -2.31. The van der Waals surface area contributed by atoms with Crippen molar-refractivity contribution >= 4 is 67.4 Å². The van der Waals surface area contributed by atoms with E-state index in [4.69, 9.17) is 16.5 Å². The summed E-state index contributed by atoms with van der Waals surface area (Å²) in [5.41, 5.74) is 14.8. The van der Waals surface area contributed by atoms with Crippen LogP contribution in [0.4, 0.5) is 23.0 Å². The van der Waals surface area contributed by atoms with Gasteiger partial charge in [-0.05, 0) is 98.9 Å². The zero-order chi connectivity index (χ0) is 42.5. The van der Waals surface area contributed by atoms with Gasteiger partial charge in [0.1, 0.15) is 21.7 Å². The molecule has 2 fully saturated rings. The number of hydrogen-bond acceptors (Lipinski definition) is 15. The number of rotatable bonds is 10. The molecule has 0 bridgehead atoms. The van der Waals surface area contributed by atoms with Gasteiger partial charge in [-0.1, -0.05) is 36.5 Å². The fraction of sp³-hybridized carbons (Fsp3) is 0.415. The number of fused-ring (bicyclic) bond motifs is 2. The van der Waals surface area contributed by atoms with E-state index in [1.807, 2.05) is 18.2 Å². The van der Waals surface area contributed by atoms with Gasteiger partial charge in [-0.25, -0.2) is 9.97 Å². The summed E-state index contributed by atoms with van der Waals surface area (Å²) < 4.78 is 2.65. The second-order valence-corrected chi connectivity index (χ2v) is 17.1. The largest absolute Gasteiger partial charge is 0.389 e. The van der Waals surface area contributed by atoms with E-state index in [0.29, 0.717) is 48.3 Å². The highest BCUT2D eigenvalue weighted by atomic mass is 32.1. The van der Waals surface area contributed by atoms with Crippen LogP contribution in [0.25, 0.3) is 31.1 Å². The van der Waals surface area contributed by atoms with Gasteiger partial charge in [0, 0.05) is 60.8 Å². The van der Waals surface area contributed by atoms with Gasteiger partial charge in [0.25, 0.3) is 11.1 Å². The molecule has 0 spiro atoms. The number of hydrogen-bond donors (Lipinski definition) is 5. The van der Waals surface area contributed by atoms with Gasteiger partial charge >= 0.3 is 0 Å². The van der Waals surface area contributed by atoms with Crippen molar-refractivity contribution in [3.63, 3.8) is 0 Å². The number of carbonyl (C=O) groups is 2. The Bertz CT molecular complexity index is 2440. The van der Waals surface area contributed by atoms with Crippen LogP contribution in [0.5, 0.6) is 0 Å². The number of aliphatic hydroxyl groups excluding tert-OH is 1. The minimum atomic E-state index is -0.737. The summed E-state index contributed by atoms with van der Waals surface area (Å²) in [5, 5.41) is 25.8. The third-order valence-corrected chi connectivity index (χ3v) is 12.2. The molecule has 60 heavy (non-hydrogen) atoms. The molecule has 316 valence electrons. The molecular weight excluding hydrogens is 805 g/mol. The van der Waals surface area contributed by atoms with Crippen LogP contribution in [-0.2, 0) is 9.59 Å². The summed E-state index contributed by atoms with van der Waals surface area (Å²) in [5.74, 6) is 1.08. The fourth-order valence-corrected chi connectivity index (χ4v) is 8.87. The van der Waals surface area contributed by atoms with E-state index in [2.05, 4.69) is 49.5 Å². The van der Waals surface area contributed by atoms with Crippen molar-refractivity contribution in [2.24, 2.45) is 11.5 Å². The van der Waals surface area contributed by atoms with Gasteiger partial charge in [-0.15, -0.1) is 0 Å². The molecule has 0 aliphatic carbocycles. The lowest BCUT2D eigenvalue weighted by atomic mass is 10.00. The first kappa shape index (κ1) is 42.5. The maximum atomic E-state index is 12.7. The van der Waals surface area contributed by atoms with Crippen LogP contribution in [-0.4, -0.2) is 85.4 Å². The van der Waals surface area contributed by atoms with E-state index in [0.717, 1.165) is 68.8 Å². The molecule has 1 atom stereocenters. The summed E-state index contributed by atoms with van der Waals surface area (Å²) in [6.07, 6.45) is 6.11. The molecule has 0 radical (unpaired) electrons. The van der Waals surface area contributed by atoms with Crippen molar-refractivity contribution in [3.05, 3.63) is 80.4 Å². The Kier molecular flexibility index (Phi) is 13.3. The average molecular weight is 855 g/mol. The highest BCUT2D eigenvalue weighted by Gasteiger charge is 2.20. The molecule has 2 amide bonds. The second kappa shape index (κ2) is 18.8. The summed E-state index contributed by atoms with van der Waals surface area (Å²) in [6, 6.07) is 14.2. The summed E-state index contributed by atoms with van der Waals surface area (Å²) in [6.45, 7) is 9.23. The lowest BCUT2D eigenvalue weighted by Gasteiger charge is -2.27. The van der Waals surface area contributed by atoms with Crippen LogP contribution in [0, 0.1) is 0 Å². The van der Waals surface area contributed by atoms with Gasteiger partial charge in [-0.2, -0.15) is 19.2 Å². The molecule has 8 rings (SSSR count). The van der Waals surface area contributed by atoms with Gasteiger partial charge in [-0.3, -0.25) is 19.2 Å². The highest BCUT2D eigenvalue weighted by Crippen LogP contribution is 2.33. The number of nitrogens with zero attached hydrogens (tertiary/aromatic N) is 8. The van der Waals surface area contributed by atoms with E-state index in [-0.39, 0.29) is 41.9 Å². The lowest BCUT2D eigenvalue weighted by molar-refractivity contribution is -0.115. The number of benzene rings is 2. The van der Waals surface area contributed by atoms with Crippen LogP contribution in [0.2, 0.25) is 0 Å². The molecule has 2 aliphatic rings. The number of anilines is 4. The van der Waals surface area contributed by atoms with Crippen molar-refractivity contribution in [3.8, 4) is 21.1 Å². The predicted octanol–water partition coefficient (Wildman–Crippen LogP) is 4.59. The Morgan fingerprint density at radius 3 is 1.47 bits per heavy atom. The molecule has 0 saturated carbocycles. The molecule has 17 nitrogen and oxygen atoms in total. The minimum absolute atomic E-state index is 0.0824. The van der Waals surface area contributed by atoms with Crippen LogP contribution in [0.3, 0.4) is 0 Å². The number of carbonyl (C=O) groups excluding carboxylic acids is 2. The van der Waals surface area contributed by atoms with E-state index >= 15 is 0 Å². The first-order chi connectivity index (χ1) is 28.9. The second-order valence-electron chi connectivity index (χ2n) is 15.2. The van der Waals surface area contributed by atoms with Crippen molar-refractivity contribution in [1.29, 1.82) is 0 Å². The van der Waals surface area contributed by atoms with Crippen LogP contribution in [0.1, 0.15) is 82.4 Å². The number of amides is 2. The Hall–Kier alpha value is -5.60. The molecule has 2 aromatic carbocycles. The SMILES string of the molecule is CC(C)c1cc(NC(=O)CN)cc(-c2nn3c(=O)cc(N4CCCCC4)nc3s2)c1.CC(O)c1cc(NC(=O)CN)cc(-c2nn3c(=O)cc(N4CCCCC4)nc3s2)c1. The Balaban J connectivity index is 0.000000181. The smallest absolute Gasteiger partial charge is 0.277 e. The monoisotopic (exact) mass is 854 g/mol. The zero-order valence-corrected chi connectivity index (χ0v) is 35.5. The Labute approximate surface area is 354 Å². The normalized spacial score (nSPS) is 14.9. The van der Waals surface area contributed by atoms with Crippen LogP contribution in [0.15, 0.2) is 58.1 Å². The quantitative estimate of drug-likeness (QED) is 0.127. The van der Waals surface area contributed by atoms with E-state index in [1.165, 1.54) is 50.6 Å². The zero-order valence-electron chi connectivity index (χ0n) is 33.9. The Morgan fingerprint density at radius 1 is 0.650 bits per heavy atom. The molecule has 7 N–H and O–H groups in total. The molecule has 1 unspecified atom stereocenters. The molecular formula is C41H50N12O5S2. The summed E-state index contributed by atoms with van der Waals surface area (Å²) in [7, 11) is 0. The van der Waals surface area contributed by atoms with Crippen molar-refractivity contribution < 1.29 is 14.7 Å². The minimum Gasteiger partial charge on any atom is -0.389 e. The molecule has 2 saturated heterocycles. The number of nitrogens with one attached hydrogen (secondary N) is 2. The summed E-state index contributed by atoms with van der Waals surface area (Å²) >= 11 is 2.66. The number of aliphatic hydroxyl groups is 1. The number of aromatic nitrogens is 6. The van der Waals surface area contributed by atoms with E-state index in [9.17, 15) is 24.3 Å². The first-order valence-corrected chi connectivity index (χ1v) is 21.8. The fourth-order valence-electron chi connectivity index (χ4n) is 7.10. The number of piperidine rings is 2. The predicted molar refractivity (Wildman–Crippen MR) is 237 cm³/mol. The van der Waals surface area contributed by atoms with Gasteiger partial charge in [0.2, 0.25) is 21.7 Å². The average Bonchev–Trinajstić information content (AvgIpc) is 3.90. The molecule has 2 aliphatic heterocycles. The molecule has 6 aromatic rings. The third-order valence-electron chi connectivity index (χ3n) is 10.3. The maximum absolute atomic E-state index is 12.7. The highest BCUT2D eigenvalue weighted by molar-refractivity contribution is 7.20. The molecule has 6 heterocycles. The topological polar surface area (TPSA) is 231 Å². The van der Waals surface area contributed by atoms with Gasteiger partial charge in [0.05, 0.1) is 19.2 Å². The van der Waals surface area contributed by atoms with Gasteiger partial charge in [0.15, 0.2) is 0 Å². The third kappa shape index (κ3) is 9.88. The Morgan fingerprint density at radius 2 is 1.07 bits per heavy atom. The van der Waals surface area contributed by atoms with Crippen LogP contribution >= 0.6 is 22.7 Å². The van der Waals surface area contributed by atoms with Crippen molar-refractivity contribution in [1.82, 2.24) is 29.2 Å². The molecule has 4 aromatic heterocycles. The maximum Gasteiger partial charge on any atom is 0.277 e.